The van der Waals surface area contributed by atoms with Crippen molar-refractivity contribution in [3.8, 4) is 0 Å². The molecule has 0 saturated heterocycles. The van der Waals surface area contributed by atoms with Crippen LogP contribution in [0.2, 0.25) is 0 Å². The fraction of sp³-hybridized carbons (Fsp3) is 0.926. The number of nitrogens with two attached hydrogens (primary N) is 1. The van der Waals surface area contributed by atoms with Crippen molar-refractivity contribution in [2.75, 3.05) is 26.4 Å². The summed E-state index contributed by atoms with van der Waals surface area (Å²) in [6.45, 7) is 3.61. The van der Waals surface area contributed by atoms with Crippen molar-refractivity contribution in [1.29, 1.82) is 0 Å². The molecule has 9 nitrogen and oxygen atoms in total. The molecule has 0 bridgehead atoms. The van der Waals surface area contributed by atoms with Crippen LogP contribution < -0.4 is 5.73 Å². The van der Waals surface area contributed by atoms with Gasteiger partial charge in [0.15, 0.2) is 6.10 Å². The molecular weight excluding hydrogens is 497 g/mol. The van der Waals surface area contributed by atoms with E-state index in [2.05, 4.69) is 13.8 Å². The normalized spacial score (nSPS) is 13.7. The third-order valence-corrected chi connectivity index (χ3v) is 6.98. The van der Waals surface area contributed by atoms with Gasteiger partial charge in [0.05, 0.1) is 13.2 Å². The van der Waals surface area contributed by atoms with E-state index < -0.39 is 26.5 Å². The number of ether oxygens (including phenoxy) is 2. The monoisotopic (exact) mass is 551 g/mol. The number of carbonyl (C=O) groups is 2. The maximum Gasteiger partial charge on any atom is 0.472 e. The van der Waals surface area contributed by atoms with E-state index in [-0.39, 0.29) is 38.6 Å². The Balaban J connectivity index is 4.32. The molecule has 0 fully saturated rings. The molecule has 0 amide bonds. The van der Waals surface area contributed by atoms with Crippen molar-refractivity contribution in [2.24, 2.45) is 5.73 Å². The molecule has 220 valence electrons. The topological polar surface area (TPSA) is 134 Å². The molecule has 0 aliphatic rings. The third-order valence-electron chi connectivity index (χ3n) is 5.99. The molecular formula is C27H54NO8P. The van der Waals surface area contributed by atoms with Gasteiger partial charge in [-0.25, -0.2) is 4.57 Å². The lowest BCUT2D eigenvalue weighted by atomic mass is 10.1. The zero-order chi connectivity index (χ0) is 27.6. The van der Waals surface area contributed by atoms with E-state index in [0.717, 1.165) is 44.9 Å². The van der Waals surface area contributed by atoms with E-state index in [1.165, 1.54) is 51.4 Å². The minimum atomic E-state index is -4.34. The summed E-state index contributed by atoms with van der Waals surface area (Å²) in [4.78, 5) is 34.1. The van der Waals surface area contributed by atoms with Crippen LogP contribution in [0.25, 0.3) is 0 Å². The smallest absolute Gasteiger partial charge is 0.462 e. The van der Waals surface area contributed by atoms with E-state index in [0.29, 0.717) is 6.42 Å². The summed E-state index contributed by atoms with van der Waals surface area (Å²) in [6, 6.07) is 0. The van der Waals surface area contributed by atoms with E-state index in [1.807, 2.05) is 0 Å². The summed E-state index contributed by atoms with van der Waals surface area (Å²) in [7, 11) is -4.34. The Hall–Kier alpha value is -0.990. The highest BCUT2D eigenvalue weighted by atomic mass is 31.2. The van der Waals surface area contributed by atoms with Gasteiger partial charge in [0.2, 0.25) is 0 Å². The van der Waals surface area contributed by atoms with E-state index in [4.69, 9.17) is 24.3 Å². The SMILES string of the molecule is CCCCCCCCCCCCC(=O)OC[C@H](COP(=O)(O)OCCN)OC(=O)CCCCCCCC. The predicted octanol–water partition coefficient (Wildman–Crippen LogP) is 6.60. The number of rotatable bonds is 27. The minimum Gasteiger partial charge on any atom is -0.462 e. The lowest BCUT2D eigenvalue weighted by Crippen LogP contribution is -2.29. The van der Waals surface area contributed by atoms with Gasteiger partial charge in [-0.3, -0.25) is 18.6 Å². The van der Waals surface area contributed by atoms with Crippen molar-refractivity contribution in [1.82, 2.24) is 0 Å². The Kier molecular flexibility index (Phi) is 24.6. The minimum absolute atomic E-state index is 0.0567. The Morgan fingerprint density at radius 1 is 0.703 bits per heavy atom. The predicted molar refractivity (Wildman–Crippen MR) is 146 cm³/mol. The van der Waals surface area contributed by atoms with E-state index in [9.17, 15) is 19.0 Å². The van der Waals surface area contributed by atoms with Gasteiger partial charge >= 0.3 is 19.8 Å². The van der Waals surface area contributed by atoms with Gasteiger partial charge in [-0.05, 0) is 12.8 Å². The number of phosphoric acid groups is 1. The van der Waals surface area contributed by atoms with Gasteiger partial charge in [0.25, 0.3) is 0 Å². The lowest BCUT2D eigenvalue weighted by molar-refractivity contribution is -0.161. The maximum atomic E-state index is 12.3. The first-order valence-corrected chi connectivity index (χ1v) is 16.0. The van der Waals surface area contributed by atoms with E-state index in [1.54, 1.807) is 0 Å². The maximum absolute atomic E-state index is 12.3. The zero-order valence-corrected chi connectivity index (χ0v) is 24.4. The van der Waals surface area contributed by atoms with Crippen molar-refractivity contribution in [3.05, 3.63) is 0 Å². The molecule has 0 rings (SSSR count). The zero-order valence-electron chi connectivity index (χ0n) is 23.5. The third kappa shape index (κ3) is 25.1. The molecule has 37 heavy (non-hydrogen) atoms. The fourth-order valence-electron chi connectivity index (χ4n) is 3.81. The molecule has 10 heteroatoms. The summed E-state index contributed by atoms with van der Waals surface area (Å²) >= 11 is 0. The Morgan fingerprint density at radius 3 is 1.65 bits per heavy atom. The molecule has 2 atom stereocenters. The number of hydrogen-bond acceptors (Lipinski definition) is 8. The molecule has 0 aromatic rings. The molecule has 0 aromatic carbocycles. The van der Waals surface area contributed by atoms with Gasteiger partial charge in [0, 0.05) is 19.4 Å². The first-order chi connectivity index (χ1) is 17.8. The highest BCUT2D eigenvalue weighted by Gasteiger charge is 2.25. The van der Waals surface area contributed by atoms with Crippen LogP contribution in [0.1, 0.15) is 129 Å². The molecule has 1 unspecified atom stereocenters. The van der Waals surface area contributed by atoms with Crippen LogP contribution in [-0.4, -0.2) is 49.3 Å². The summed E-state index contributed by atoms with van der Waals surface area (Å²) < 4.78 is 32.2. The molecule has 3 N–H and O–H groups in total. The highest BCUT2D eigenvalue weighted by molar-refractivity contribution is 7.47. The summed E-state index contributed by atoms with van der Waals surface area (Å²) in [5, 5.41) is 0. The van der Waals surface area contributed by atoms with Crippen LogP contribution in [0.3, 0.4) is 0 Å². The van der Waals surface area contributed by atoms with Crippen LogP contribution in [0, 0.1) is 0 Å². The molecule has 0 aliphatic heterocycles. The summed E-state index contributed by atoms with van der Waals surface area (Å²) in [5.41, 5.74) is 5.28. The largest absolute Gasteiger partial charge is 0.472 e. The van der Waals surface area contributed by atoms with Crippen LogP contribution in [0.15, 0.2) is 0 Å². The average Bonchev–Trinajstić information content (AvgIpc) is 2.87. The molecule has 0 aromatic heterocycles. The fourth-order valence-corrected chi connectivity index (χ4v) is 4.57. The summed E-state index contributed by atoms with van der Waals surface area (Å²) in [5.74, 6) is -0.839. The van der Waals surface area contributed by atoms with E-state index >= 15 is 0 Å². The van der Waals surface area contributed by atoms with Gasteiger partial charge < -0.3 is 20.1 Å². The van der Waals surface area contributed by atoms with Crippen molar-refractivity contribution in [3.63, 3.8) is 0 Å². The van der Waals surface area contributed by atoms with Gasteiger partial charge in [0.1, 0.15) is 6.61 Å². The second-order valence-corrected chi connectivity index (χ2v) is 11.1. The first-order valence-electron chi connectivity index (χ1n) is 14.5. The van der Waals surface area contributed by atoms with Crippen LogP contribution in [0.5, 0.6) is 0 Å². The number of hydrogen-bond donors (Lipinski definition) is 2. The number of unbranched alkanes of at least 4 members (excludes halogenated alkanes) is 14. The van der Waals surface area contributed by atoms with Crippen molar-refractivity contribution in [2.45, 2.75) is 136 Å². The molecule has 0 heterocycles. The molecule has 0 radical (unpaired) electrons. The summed E-state index contributed by atoms with van der Waals surface area (Å²) in [6.07, 6.45) is 17.4. The van der Waals surface area contributed by atoms with Gasteiger partial charge in [-0.1, -0.05) is 104 Å². The standard InChI is InChI=1S/C27H54NO8P/c1-3-5-7-9-11-12-13-14-16-17-19-26(29)33-23-25(24-35-37(31,32)34-22-21-28)36-27(30)20-18-15-10-8-6-4-2/h25H,3-24,28H2,1-2H3,(H,31,32)/t25-/m1/s1. The molecule has 0 aliphatic carbocycles. The number of carbonyl (C=O) groups excluding carboxylic acids is 2. The highest BCUT2D eigenvalue weighted by Crippen LogP contribution is 2.43. The van der Waals surface area contributed by atoms with Gasteiger partial charge in [-0.15, -0.1) is 0 Å². The van der Waals surface area contributed by atoms with Crippen molar-refractivity contribution < 1.29 is 37.6 Å². The lowest BCUT2D eigenvalue weighted by Gasteiger charge is -2.19. The van der Waals surface area contributed by atoms with Crippen LogP contribution in [-0.2, 0) is 32.7 Å². The van der Waals surface area contributed by atoms with Crippen LogP contribution >= 0.6 is 7.82 Å². The average molecular weight is 552 g/mol. The van der Waals surface area contributed by atoms with Gasteiger partial charge in [-0.2, -0.15) is 0 Å². The second kappa shape index (κ2) is 25.3. The molecule has 0 saturated carbocycles. The molecule has 0 spiro atoms. The Morgan fingerprint density at radius 2 is 1.16 bits per heavy atom. The quantitative estimate of drug-likeness (QED) is 0.0658. The number of esters is 2. The second-order valence-electron chi connectivity index (χ2n) is 9.63. The first kappa shape index (κ1) is 36.0. The number of phosphoric ester groups is 1. The van der Waals surface area contributed by atoms with Crippen LogP contribution in [0.4, 0.5) is 0 Å². The Bertz CT molecular complexity index is 605. The van der Waals surface area contributed by atoms with Crippen molar-refractivity contribution >= 4 is 19.8 Å². The Labute approximate surface area is 225 Å².